The van der Waals surface area contributed by atoms with E-state index in [0.29, 0.717) is 17.9 Å². The highest BCUT2D eigenvalue weighted by molar-refractivity contribution is 6.31. The van der Waals surface area contributed by atoms with E-state index in [0.717, 1.165) is 39.1 Å². The molecule has 1 atom stereocenters. The SMILES string of the molecule is O=C(NCCCN1CCN(c2ccccc2F)CC1)[C@@H]1CC(=O)N(c2ccc(F)c(Cl)c2)C1. The second-order valence-corrected chi connectivity index (χ2v) is 8.84. The van der Waals surface area contributed by atoms with Gasteiger partial charge in [0, 0.05) is 51.4 Å². The first kappa shape index (κ1) is 23.4. The summed E-state index contributed by atoms with van der Waals surface area (Å²) in [6.07, 6.45) is 0.919. The predicted molar refractivity (Wildman–Crippen MR) is 125 cm³/mol. The van der Waals surface area contributed by atoms with Gasteiger partial charge in [-0.1, -0.05) is 23.7 Å². The second-order valence-electron chi connectivity index (χ2n) is 8.43. The largest absolute Gasteiger partial charge is 0.367 e. The summed E-state index contributed by atoms with van der Waals surface area (Å²) in [6.45, 7) is 4.84. The number of nitrogens with one attached hydrogen (secondary N) is 1. The number of para-hydroxylation sites is 1. The maximum absolute atomic E-state index is 14.0. The highest BCUT2D eigenvalue weighted by Crippen LogP contribution is 2.28. The molecule has 2 amide bonds. The van der Waals surface area contributed by atoms with E-state index in [1.54, 1.807) is 12.1 Å². The van der Waals surface area contributed by atoms with Gasteiger partial charge in [0.15, 0.2) is 0 Å². The number of halogens is 3. The maximum Gasteiger partial charge on any atom is 0.227 e. The molecule has 2 aromatic rings. The molecule has 4 rings (SSSR count). The van der Waals surface area contributed by atoms with Gasteiger partial charge in [-0.05, 0) is 43.3 Å². The van der Waals surface area contributed by atoms with Crippen molar-refractivity contribution in [3.63, 3.8) is 0 Å². The fraction of sp³-hybridized carbons (Fsp3) is 0.417. The lowest BCUT2D eigenvalue weighted by molar-refractivity contribution is -0.126. The molecule has 0 aliphatic carbocycles. The molecular formula is C24H27ClF2N4O2. The average Bonchev–Trinajstić information content (AvgIpc) is 3.21. The third kappa shape index (κ3) is 5.62. The maximum atomic E-state index is 14.0. The van der Waals surface area contributed by atoms with Crippen molar-refractivity contribution in [1.29, 1.82) is 0 Å². The van der Waals surface area contributed by atoms with E-state index in [-0.39, 0.29) is 35.6 Å². The molecule has 0 spiro atoms. The van der Waals surface area contributed by atoms with E-state index in [9.17, 15) is 18.4 Å². The number of nitrogens with zero attached hydrogens (tertiary/aromatic N) is 3. The van der Waals surface area contributed by atoms with Crippen LogP contribution in [0.4, 0.5) is 20.2 Å². The van der Waals surface area contributed by atoms with Crippen LogP contribution < -0.4 is 15.1 Å². The lowest BCUT2D eigenvalue weighted by atomic mass is 10.1. The summed E-state index contributed by atoms with van der Waals surface area (Å²) in [7, 11) is 0. The number of hydrogen-bond acceptors (Lipinski definition) is 4. The molecule has 2 aliphatic rings. The molecule has 6 nitrogen and oxygen atoms in total. The Bertz CT molecular complexity index is 1010. The first-order chi connectivity index (χ1) is 15.9. The van der Waals surface area contributed by atoms with E-state index in [4.69, 9.17) is 11.6 Å². The van der Waals surface area contributed by atoms with Crippen molar-refractivity contribution in [2.24, 2.45) is 5.92 Å². The highest BCUT2D eigenvalue weighted by Gasteiger charge is 2.35. The van der Waals surface area contributed by atoms with Crippen LogP contribution in [0.25, 0.3) is 0 Å². The van der Waals surface area contributed by atoms with Crippen LogP contribution in [0.1, 0.15) is 12.8 Å². The van der Waals surface area contributed by atoms with Crippen molar-refractivity contribution in [2.75, 3.05) is 55.6 Å². The summed E-state index contributed by atoms with van der Waals surface area (Å²) in [5, 5.41) is 2.88. The molecule has 0 saturated carbocycles. The lowest BCUT2D eigenvalue weighted by Crippen LogP contribution is -2.47. The standard InChI is InChI=1S/C24H27ClF2N4O2/c25-19-15-18(6-7-20(19)26)31-16-17(14-23(31)32)24(33)28-8-3-9-29-10-12-30(13-11-29)22-5-2-1-4-21(22)27/h1-2,4-7,15,17H,3,8-14,16H2,(H,28,33)/t17-/m1/s1. The molecule has 2 saturated heterocycles. The fourth-order valence-corrected chi connectivity index (χ4v) is 4.54. The minimum Gasteiger partial charge on any atom is -0.367 e. The van der Waals surface area contributed by atoms with Crippen molar-refractivity contribution in [2.45, 2.75) is 12.8 Å². The Hall–Kier alpha value is -2.71. The lowest BCUT2D eigenvalue weighted by Gasteiger charge is -2.36. The fourth-order valence-electron chi connectivity index (χ4n) is 4.36. The van der Waals surface area contributed by atoms with Gasteiger partial charge in [0.2, 0.25) is 11.8 Å². The summed E-state index contributed by atoms with van der Waals surface area (Å²) >= 11 is 5.82. The average molecular weight is 477 g/mol. The number of benzene rings is 2. The molecule has 0 radical (unpaired) electrons. The normalized spacial score (nSPS) is 19.2. The Kier molecular flexibility index (Phi) is 7.45. The Morgan fingerprint density at radius 3 is 2.55 bits per heavy atom. The highest BCUT2D eigenvalue weighted by atomic mass is 35.5. The molecule has 0 bridgehead atoms. The molecule has 0 unspecified atom stereocenters. The van der Waals surface area contributed by atoms with Crippen LogP contribution in [-0.2, 0) is 9.59 Å². The third-order valence-corrected chi connectivity index (χ3v) is 6.52. The molecule has 176 valence electrons. The van der Waals surface area contributed by atoms with Gasteiger partial charge in [-0.3, -0.25) is 14.5 Å². The van der Waals surface area contributed by atoms with Gasteiger partial charge in [-0.25, -0.2) is 8.78 Å². The molecule has 9 heteroatoms. The Morgan fingerprint density at radius 1 is 1.06 bits per heavy atom. The van der Waals surface area contributed by atoms with Crippen molar-refractivity contribution >= 4 is 34.8 Å². The van der Waals surface area contributed by atoms with Gasteiger partial charge in [0.05, 0.1) is 16.6 Å². The number of anilines is 2. The molecule has 33 heavy (non-hydrogen) atoms. The molecular weight excluding hydrogens is 450 g/mol. The van der Waals surface area contributed by atoms with Gasteiger partial charge in [0.1, 0.15) is 11.6 Å². The van der Waals surface area contributed by atoms with Crippen molar-refractivity contribution in [3.8, 4) is 0 Å². The molecule has 2 fully saturated rings. The number of piperazine rings is 1. The minimum atomic E-state index is -0.546. The van der Waals surface area contributed by atoms with Gasteiger partial charge in [-0.2, -0.15) is 0 Å². The van der Waals surface area contributed by atoms with Crippen molar-refractivity contribution in [1.82, 2.24) is 10.2 Å². The van der Waals surface area contributed by atoms with Gasteiger partial charge in [-0.15, -0.1) is 0 Å². The number of carbonyl (C=O) groups excluding carboxylic acids is 2. The van der Waals surface area contributed by atoms with Gasteiger partial charge in [0.25, 0.3) is 0 Å². The smallest absolute Gasteiger partial charge is 0.227 e. The molecule has 2 heterocycles. The minimum absolute atomic E-state index is 0.0528. The van der Waals surface area contributed by atoms with Crippen LogP contribution in [0.5, 0.6) is 0 Å². The Morgan fingerprint density at radius 2 is 1.82 bits per heavy atom. The number of amides is 2. The van der Waals surface area contributed by atoms with Crippen molar-refractivity contribution < 1.29 is 18.4 Å². The number of carbonyl (C=O) groups is 2. The van der Waals surface area contributed by atoms with Crippen LogP contribution in [0, 0.1) is 17.6 Å². The van der Waals surface area contributed by atoms with Crippen LogP contribution >= 0.6 is 11.6 Å². The van der Waals surface area contributed by atoms with Gasteiger partial charge >= 0.3 is 0 Å². The molecule has 2 aromatic carbocycles. The summed E-state index contributed by atoms with van der Waals surface area (Å²) < 4.78 is 27.3. The molecule has 0 aromatic heterocycles. The van der Waals surface area contributed by atoms with E-state index in [1.165, 1.54) is 29.2 Å². The summed E-state index contributed by atoms with van der Waals surface area (Å²) in [6, 6.07) is 10.9. The van der Waals surface area contributed by atoms with Crippen LogP contribution in [-0.4, -0.2) is 62.5 Å². The zero-order valence-corrected chi connectivity index (χ0v) is 19.0. The Balaban J connectivity index is 1.17. The van der Waals surface area contributed by atoms with Crippen molar-refractivity contribution in [3.05, 3.63) is 59.1 Å². The summed E-state index contributed by atoms with van der Waals surface area (Å²) in [4.78, 5) is 30.7. The monoisotopic (exact) mass is 476 g/mol. The summed E-state index contributed by atoms with van der Waals surface area (Å²) in [5.74, 6) is -1.50. The second kappa shape index (κ2) is 10.5. The van der Waals surface area contributed by atoms with Crippen LogP contribution in [0.15, 0.2) is 42.5 Å². The number of hydrogen-bond donors (Lipinski definition) is 1. The summed E-state index contributed by atoms with van der Waals surface area (Å²) in [5.41, 5.74) is 1.14. The van der Waals surface area contributed by atoms with E-state index >= 15 is 0 Å². The van der Waals surface area contributed by atoms with Crippen LogP contribution in [0.2, 0.25) is 5.02 Å². The van der Waals surface area contributed by atoms with Crippen LogP contribution in [0.3, 0.4) is 0 Å². The first-order valence-corrected chi connectivity index (χ1v) is 11.5. The quantitative estimate of drug-likeness (QED) is 0.623. The van der Waals surface area contributed by atoms with Gasteiger partial charge < -0.3 is 15.1 Å². The predicted octanol–water partition coefficient (Wildman–Crippen LogP) is 3.30. The topological polar surface area (TPSA) is 55.9 Å². The zero-order valence-electron chi connectivity index (χ0n) is 18.3. The zero-order chi connectivity index (χ0) is 23.4. The molecule has 2 aliphatic heterocycles. The van der Waals surface area contributed by atoms with E-state index < -0.39 is 11.7 Å². The third-order valence-electron chi connectivity index (χ3n) is 6.23. The number of rotatable bonds is 7. The van der Waals surface area contributed by atoms with E-state index in [2.05, 4.69) is 15.1 Å². The molecule has 1 N–H and O–H groups in total. The van der Waals surface area contributed by atoms with E-state index in [1.807, 2.05) is 6.07 Å². The Labute approximate surface area is 197 Å². The first-order valence-electron chi connectivity index (χ1n) is 11.2.